The van der Waals surface area contributed by atoms with Gasteiger partial charge in [0.15, 0.2) is 6.04 Å². The topological polar surface area (TPSA) is 75.6 Å². The highest BCUT2D eigenvalue weighted by Crippen LogP contribution is 2.18. The van der Waals surface area contributed by atoms with Gasteiger partial charge in [-0.05, 0) is 36.6 Å². The standard InChI is InChI=1S/C19H21NO4/c1-13-4-3-5-14(12-13)6-11-17(21)20-18(19(22)23)15-7-9-16(24-2)10-8-15/h3-5,7-10,12,18H,6,11H2,1-2H3,(H,20,21)(H,22,23). The Bertz CT molecular complexity index is 710. The molecule has 2 rings (SSSR count). The molecule has 1 amide bonds. The Hall–Kier alpha value is -2.82. The van der Waals surface area contributed by atoms with E-state index in [9.17, 15) is 14.7 Å². The zero-order valence-electron chi connectivity index (χ0n) is 13.8. The fourth-order valence-corrected chi connectivity index (χ4v) is 2.44. The zero-order chi connectivity index (χ0) is 17.5. The van der Waals surface area contributed by atoms with Gasteiger partial charge in [-0.15, -0.1) is 0 Å². The van der Waals surface area contributed by atoms with Gasteiger partial charge in [-0.2, -0.15) is 0 Å². The van der Waals surface area contributed by atoms with Gasteiger partial charge in [-0.25, -0.2) is 4.79 Å². The van der Waals surface area contributed by atoms with Crippen molar-refractivity contribution in [2.45, 2.75) is 25.8 Å². The van der Waals surface area contributed by atoms with Crippen LogP contribution in [-0.4, -0.2) is 24.1 Å². The zero-order valence-corrected chi connectivity index (χ0v) is 13.8. The first kappa shape index (κ1) is 17.5. The second-order valence-electron chi connectivity index (χ2n) is 5.60. The maximum absolute atomic E-state index is 12.1. The van der Waals surface area contributed by atoms with Crippen LogP contribution in [0.3, 0.4) is 0 Å². The molecule has 0 aliphatic heterocycles. The van der Waals surface area contributed by atoms with E-state index in [-0.39, 0.29) is 12.3 Å². The molecule has 2 aromatic rings. The summed E-state index contributed by atoms with van der Waals surface area (Å²) in [4.78, 5) is 23.6. The third-order valence-electron chi connectivity index (χ3n) is 3.72. The van der Waals surface area contributed by atoms with Gasteiger partial charge in [0.25, 0.3) is 0 Å². The summed E-state index contributed by atoms with van der Waals surface area (Å²) < 4.78 is 5.05. The monoisotopic (exact) mass is 327 g/mol. The van der Waals surface area contributed by atoms with E-state index in [1.165, 1.54) is 7.11 Å². The van der Waals surface area contributed by atoms with Crippen LogP contribution >= 0.6 is 0 Å². The summed E-state index contributed by atoms with van der Waals surface area (Å²) in [5.41, 5.74) is 2.70. The summed E-state index contributed by atoms with van der Waals surface area (Å²) in [6, 6.07) is 13.5. The lowest BCUT2D eigenvalue weighted by Gasteiger charge is -2.15. The summed E-state index contributed by atoms with van der Waals surface area (Å²) in [6.07, 6.45) is 0.811. The first-order valence-electron chi connectivity index (χ1n) is 7.71. The SMILES string of the molecule is COc1ccc(C(NC(=O)CCc2cccc(C)c2)C(=O)O)cc1. The molecule has 0 bridgehead atoms. The van der Waals surface area contributed by atoms with E-state index in [0.29, 0.717) is 17.7 Å². The lowest BCUT2D eigenvalue weighted by Crippen LogP contribution is -2.33. The number of rotatable bonds is 7. The van der Waals surface area contributed by atoms with Crippen LogP contribution in [0.2, 0.25) is 0 Å². The number of carboxylic acids is 1. The minimum Gasteiger partial charge on any atom is -0.497 e. The molecule has 0 radical (unpaired) electrons. The van der Waals surface area contributed by atoms with Crippen molar-refractivity contribution in [2.24, 2.45) is 0 Å². The molecular weight excluding hydrogens is 306 g/mol. The van der Waals surface area contributed by atoms with Crippen molar-refractivity contribution in [1.82, 2.24) is 5.32 Å². The summed E-state index contributed by atoms with van der Waals surface area (Å²) in [5.74, 6) is -0.752. The highest BCUT2D eigenvalue weighted by atomic mass is 16.5. The van der Waals surface area contributed by atoms with Gasteiger partial charge in [-0.1, -0.05) is 42.0 Å². The Morgan fingerprint density at radius 2 is 1.88 bits per heavy atom. The van der Waals surface area contributed by atoms with Crippen LogP contribution in [0.4, 0.5) is 0 Å². The van der Waals surface area contributed by atoms with Crippen LogP contribution in [-0.2, 0) is 16.0 Å². The van der Waals surface area contributed by atoms with Gasteiger partial charge in [0.05, 0.1) is 7.11 Å². The third-order valence-corrected chi connectivity index (χ3v) is 3.72. The van der Waals surface area contributed by atoms with Crippen LogP contribution < -0.4 is 10.1 Å². The Morgan fingerprint density at radius 1 is 1.17 bits per heavy atom. The Labute approximate surface area is 141 Å². The predicted molar refractivity (Wildman–Crippen MR) is 91.0 cm³/mol. The van der Waals surface area contributed by atoms with Crippen molar-refractivity contribution < 1.29 is 19.4 Å². The quantitative estimate of drug-likeness (QED) is 0.820. The molecule has 0 aliphatic rings. The number of hydrogen-bond donors (Lipinski definition) is 2. The number of benzene rings is 2. The lowest BCUT2D eigenvalue weighted by atomic mass is 10.0. The number of carbonyl (C=O) groups excluding carboxylic acids is 1. The molecule has 0 heterocycles. The fourth-order valence-electron chi connectivity index (χ4n) is 2.44. The number of amides is 1. The van der Waals surface area contributed by atoms with E-state index in [4.69, 9.17) is 4.74 Å². The van der Waals surface area contributed by atoms with Crippen molar-refractivity contribution in [2.75, 3.05) is 7.11 Å². The molecule has 0 fully saturated rings. The van der Waals surface area contributed by atoms with Crippen LogP contribution in [0, 0.1) is 6.92 Å². The highest BCUT2D eigenvalue weighted by Gasteiger charge is 2.21. The minimum atomic E-state index is -1.09. The smallest absolute Gasteiger partial charge is 0.330 e. The van der Waals surface area contributed by atoms with Gasteiger partial charge in [0.2, 0.25) is 5.91 Å². The van der Waals surface area contributed by atoms with E-state index in [1.807, 2.05) is 31.2 Å². The van der Waals surface area contributed by atoms with E-state index in [0.717, 1.165) is 11.1 Å². The van der Waals surface area contributed by atoms with Gasteiger partial charge in [-0.3, -0.25) is 4.79 Å². The molecule has 126 valence electrons. The predicted octanol–water partition coefficient (Wildman–Crippen LogP) is 2.88. The molecule has 2 aromatic carbocycles. The summed E-state index contributed by atoms with van der Waals surface area (Å²) in [5, 5.41) is 12.0. The number of aliphatic carboxylic acids is 1. The highest BCUT2D eigenvalue weighted by molar-refractivity contribution is 5.84. The number of carboxylic acid groups (broad SMARTS) is 1. The average molecular weight is 327 g/mol. The molecule has 0 saturated carbocycles. The Balaban J connectivity index is 1.99. The van der Waals surface area contributed by atoms with Gasteiger partial charge >= 0.3 is 5.97 Å². The Morgan fingerprint density at radius 3 is 2.46 bits per heavy atom. The number of hydrogen-bond acceptors (Lipinski definition) is 3. The molecule has 0 spiro atoms. The van der Waals surface area contributed by atoms with E-state index in [2.05, 4.69) is 5.32 Å². The maximum Gasteiger partial charge on any atom is 0.330 e. The summed E-state index contributed by atoms with van der Waals surface area (Å²) in [6.45, 7) is 1.99. The fraction of sp³-hybridized carbons (Fsp3) is 0.263. The van der Waals surface area contributed by atoms with Crippen molar-refractivity contribution in [3.63, 3.8) is 0 Å². The van der Waals surface area contributed by atoms with Crippen LogP contribution in [0.25, 0.3) is 0 Å². The van der Waals surface area contributed by atoms with Crippen molar-refractivity contribution >= 4 is 11.9 Å². The third kappa shape index (κ3) is 4.84. The first-order chi connectivity index (χ1) is 11.5. The summed E-state index contributed by atoms with van der Waals surface area (Å²) >= 11 is 0. The van der Waals surface area contributed by atoms with Gasteiger partial charge in [0.1, 0.15) is 5.75 Å². The van der Waals surface area contributed by atoms with Crippen molar-refractivity contribution in [3.05, 3.63) is 65.2 Å². The average Bonchev–Trinajstić information content (AvgIpc) is 2.58. The molecule has 5 heteroatoms. The Kier molecular flexibility index (Phi) is 5.95. The molecule has 0 aliphatic carbocycles. The van der Waals surface area contributed by atoms with Crippen molar-refractivity contribution in [3.8, 4) is 5.75 Å². The number of carbonyl (C=O) groups is 2. The lowest BCUT2D eigenvalue weighted by molar-refractivity contribution is -0.142. The van der Waals surface area contributed by atoms with Crippen LogP contribution in [0.15, 0.2) is 48.5 Å². The summed E-state index contributed by atoms with van der Waals surface area (Å²) in [7, 11) is 1.54. The molecule has 1 atom stereocenters. The maximum atomic E-state index is 12.1. The van der Waals surface area contributed by atoms with Gasteiger partial charge < -0.3 is 15.2 Å². The van der Waals surface area contributed by atoms with E-state index in [1.54, 1.807) is 24.3 Å². The van der Waals surface area contributed by atoms with Crippen LogP contribution in [0.1, 0.15) is 29.2 Å². The van der Waals surface area contributed by atoms with E-state index < -0.39 is 12.0 Å². The first-order valence-corrected chi connectivity index (χ1v) is 7.71. The van der Waals surface area contributed by atoms with Crippen molar-refractivity contribution in [1.29, 1.82) is 0 Å². The number of aryl methyl sites for hydroxylation is 2. The number of nitrogens with one attached hydrogen (secondary N) is 1. The van der Waals surface area contributed by atoms with E-state index >= 15 is 0 Å². The molecule has 24 heavy (non-hydrogen) atoms. The molecular formula is C19H21NO4. The van der Waals surface area contributed by atoms with Gasteiger partial charge in [0, 0.05) is 6.42 Å². The molecule has 1 unspecified atom stereocenters. The van der Waals surface area contributed by atoms with Crippen LogP contribution in [0.5, 0.6) is 5.75 Å². The molecule has 0 saturated heterocycles. The second kappa shape index (κ2) is 8.15. The molecule has 0 aromatic heterocycles. The largest absolute Gasteiger partial charge is 0.497 e. The normalized spacial score (nSPS) is 11.6. The molecule has 2 N–H and O–H groups in total. The number of ether oxygens (including phenoxy) is 1. The minimum absolute atomic E-state index is 0.239. The molecule has 5 nitrogen and oxygen atoms in total. The second-order valence-corrected chi connectivity index (χ2v) is 5.60. The number of methoxy groups -OCH3 is 1.